The van der Waals surface area contributed by atoms with Gasteiger partial charge in [0.25, 0.3) is 5.56 Å². The largest absolute Gasteiger partial charge is 0.491 e. The summed E-state index contributed by atoms with van der Waals surface area (Å²) in [5, 5.41) is 10.7. The number of hydrogen-bond donors (Lipinski definition) is 2. The minimum Gasteiger partial charge on any atom is -0.491 e. The summed E-state index contributed by atoms with van der Waals surface area (Å²) in [5.74, 6) is 1.25. The van der Waals surface area contributed by atoms with Gasteiger partial charge in [0.15, 0.2) is 11.2 Å². The fraction of sp³-hybridized carbons (Fsp3) is 0.476. The molecule has 2 aromatic heterocycles. The number of piperazine rings is 1. The molecule has 1 aliphatic heterocycles. The van der Waals surface area contributed by atoms with Crippen LogP contribution >= 0.6 is 0 Å². The average molecular weight is 428 g/mol. The molecule has 10 nitrogen and oxygen atoms in total. The van der Waals surface area contributed by atoms with E-state index < -0.39 is 17.4 Å². The fourth-order valence-corrected chi connectivity index (χ4v) is 3.80. The van der Waals surface area contributed by atoms with Crippen LogP contribution in [0.3, 0.4) is 0 Å². The number of aliphatic hydroxyl groups is 1. The molecule has 1 atom stereocenters. The van der Waals surface area contributed by atoms with Crippen molar-refractivity contribution >= 4 is 17.1 Å². The van der Waals surface area contributed by atoms with Crippen LogP contribution in [0.25, 0.3) is 11.2 Å². The highest BCUT2D eigenvalue weighted by Crippen LogP contribution is 2.21. The van der Waals surface area contributed by atoms with Crippen LogP contribution < -0.4 is 20.9 Å². The molecule has 0 radical (unpaired) electrons. The van der Waals surface area contributed by atoms with Gasteiger partial charge in [-0.15, -0.1) is 0 Å². The predicted octanol–water partition coefficient (Wildman–Crippen LogP) is -0.0766. The fourth-order valence-electron chi connectivity index (χ4n) is 3.80. The normalized spacial score (nSPS) is 16.1. The Morgan fingerprint density at radius 1 is 1.19 bits per heavy atom. The second-order valence-electron chi connectivity index (χ2n) is 8.08. The van der Waals surface area contributed by atoms with E-state index >= 15 is 0 Å². The first-order valence-corrected chi connectivity index (χ1v) is 10.3. The molecule has 31 heavy (non-hydrogen) atoms. The van der Waals surface area contributed by atoms with Crippen LogP contribution in [0.15, 0.2) is 33.9 Å². The number of aromatic nitrogens is 4. The van der Waals surface area contributed by atoms with Crippen LogP contribution in [-0.2, 0) is 13.6 Å². The van der Waals surface area contributed by atoms with Crippen molar-refractivity contribution in [2.75, 3.05) is 44.7 Å². The molecule has 1 aliphatic rings. The molecule has 4 rings (SSSR count). The number of likely N-dealkylation sites (N-methyl/N-ethyl adjacent to an activating group) is 1. The Labute approximate surface area is 179 Å². The van der Waals surface area contributed by atoms with E-state index in [-0.39, 0.29) is 18.7 Å². The van der Waals surface area contributed by atoms with Crippen LogP contribution in [0.4, 0.5) is 5.95 Å². The molecular weight excluding hydrogens is 400 g/mol. The SMILES string of the molecule is Cc1cccc(OC[C@@H](O)Cn2c(N3CCN(C)CC3)nc3c2c(=O)[nH]c(=O)n3C)c1. The number of ether oxygens (including phenoxy) is 1. The Morgan fingerprint density at radius 3 is 2.65 bits per heavy atom. The number of anilines is 1. The molecule has 3 heterocycles. The lowest BCUT2D eigenvalue weighted by molar-refractivity contribution is 0.0935. The second kappa shape index (κ2) is 8.56. The number of nitrogens with zero attached hydrogens (tertiary/aromatic N) is 5. The summed E-state index contributed by atoms with van der Waals surface area (Å²) < 4.78 is 8.76. The first-order valence-electron chi connectivity index (χ1n) is 10.3. The van der Waals surface area contributed by atoms with Gasteiger partial charge in [0.05, 0.1) is 6.54 Å². The van der Waals surface area contributed by atoms with Crippen molar-refractivity contribution in [3.05, 3.63) is 50.7 Å². The van der Waals surface area contributed by atoms with Crippen molar-refractivity contribution in [1.29, 1.82) is 0 Å². The Morgan fingerprint density at radius 2 is 1.94 bits per heavy atom. The van der Waals surface area contributed by atoms with E-state index in [1.54, 1.807) is 11.6 Å². The van der Waals surface area contributed by atoms with E-state index in [9.17, 15) is 14.7 Å². The standard InChI is InChI=1S/C21H28N6O4/c1-14-5-4-6-16(11-14)31-13-15(28)12-27-17-18(25(3)21(30)23-19(17)29)22-20(27)26-9-7-24(2)8-10-26/h4-6,11,15,28H,7-10,12-13H2,1-3H3,(H,23,29,30)/t15-/m0/s1. The summed E-state index contributed by atoms with van der Waals surface area (Å²) >= 11 is 0. The molecule has 1 fully saturated rings. The molecule has 3 aromatic rings. The van der Waals surface area contributed by atoms with Crippen molar-refractivity contribution in [1.82, 2.24) is 24.0 Å². The van der Waals surface area contributed by atoms with Gasteiger partial charge in [0.1, 0.15) is 18.5 Å². The van der Waals surface area contributed by atoms with E-state index in [2.05, 4.69) is 26.8 Å². The lowest BCUT2D eigenvalue weighted by Crippen LogP contribution is -2.45. The minimum absolute atomic E-state index is 0.0645. The third kappa shape index (κ3) is 4.35. The van der Waals surface area contributed by atoms with E-state index in [1.165, 1.54) is 4.57 Å². The molecular formula is C21H28N6O4. The van der Waals surface area contributed by atoms with Crippen molar-refractivity contribution in [3.63, 3.8) is 0 Å². The number of imidazole rings is 1. The van der Waals surface area contributed by atoms with Gasteiger partial charge in [0, 0.05) is 33.2 Å². The highest BCUT2D eigenvalue weighted by atomic mass is 16.5. The zero-order valence-corrected chi connectivity index (χ0v) is 18.0. The molecule has 166 valence electrons. The van der Waals surface area contributed by atoms with Crippen molar-refractivity contribution < 1.29 is 9.84 Å². The lowest BCUT2D eigenvalue weighted by Gasteiger charge is -2.33. The summed E-state index contributed by atoms with van der Waals surface area (Å²) in [4.78, 5) is 36.0. The van der Waals surface area contributed by atoms with Gasteiger partial charge >= 0.3 is 5.69 Å². The molecule has 0 aliphatic carbocycles. The Balaban J connectivity index is 1.65. The summed E-state index contributed by atoms with van der Waals surface area (Å²) in [7, 11) is 3.63. The maximum absolute atomic E-state index is 12.6. The van der Waals surface area contributed by atoms with E-state index in [0.717, 1.165) is 31.7 Å². The maximum Gasteiger partial charge on any atom is 0.329 e. The summed E-state index contributed by atoms with van der Waals surface area (Å²) in [5.41, 5.74) is 0.602. The van der Waals surface area contributed by atoms with Gasteiger partial charge < -0.3 is 24.2 Å². The van der Waals surface area contributed by atoms with Crippen LogP contribution in [0.5, 0.6) is 5.75 Å². The van der Waals surface area contributed by atoms with Gasteiger partial charge in [0.2, 0.25) is 5.95 Å². The number of aryl methyl sites for hydroxylation is 2. The average Bonchev–Trinajstić information content (AvgIpc) is 3.11. The molecule has 2 N–H and O–H groups in total. The number of nitrogens with one attached hydrogen (secondary N) is 1. The van der Waals surface area contributed by atoms with Crippen LogP contribution in [0.2, 0.25) is 0 Å². The van der Waals surface area contributed by atoms with Crippen LogP contribution in [0.1, 0.15) is 5.56 Å². The van der Waals surface area contributed by atoms with Crippen molar-refractivity contribution in [2.45, 2.75) is 19.6 Å². The summed E-state index contributed by atoms with van der Waals surface area (Å²) in [6, 6.07) is 7.60. The molecule has 0 unspecified atom stereocenters. The first kappa shape index (κ1) is 21.1. The number of aliphatic hydroxyl groups excluding tert-OH is 1. The number of aromatic amines is 1. The first-order chi connectivity index (χ1) is 14.8. The quantitative estimate of drug-likeness (QED) is 0.565. The second-order valence-corrected chi connectivity index (χ2v) is 8.08. The van der Waals surface area contributed by atoms with E-state index in [4.69, 9.17) is 4.74 Å². The van der Waals surface area contributed by atoms with Crippen LogP contribution in [0, 0.1) is 6.92 Å². The van der Waals surface area contributed by atoms with E-state index in [1.807, 2.05) is 31.2 Å². The van der Waals surface area contributed by atoms with Crippen LogP contribution in [-0.4, -0.2) is 75.0 Å². The molecule has 0 spiro atoms. The Bertz CT molecular complexity index is 1190. The summed E-state index contributed by atoms with van der Waals surface area (Å²) in [6.45, 7) is 5.35. The third-order valence-electron chi connectivity index (χ3n) is 5.60. The van der Waals surface area contributed by atoms with Gasteiger partial charge in [-0.05, 0) is 31.7 Å². The van der Waals surface area contributed by atoms with Gasteiger partial charge in [-0.1, -0.05) is 12.1 Å². The smallest absolute Gasteiger partial charge is 0.329 e. The zero-order chi connectivity index (χ0) is 22.1. The number of H-pyrrole nitrogens is 1. The molecule has 1 saturated heterocycles. The lowest BCUT2D eigenvalue weighted by atomic mass is 10.2. The minimum atomic E-state index is -0.874. The molecule has 1 aromatic carbocycles. The van der Waals surface area contributed by atoms with Gasteiger partial charge in [-0.3, -0.25) is 14.3 Å². The number of fused-ring (bicyclic) bond motifs is 1. The summed E-state index contributed by atoms with van der Waals surface area (Å²) in [6.07, 6.45) is -0.874. The number of benzene rings is 1. The molecule has 0 saturated carbocycles. The predicted molar refractivity (Wildman–Crippen MR) is 118 cm³/mol. The molecule has 10 heteroatoms. The Kier molecular flexibility index (Phi) is 5.84. The highest BCUT2D eigenvalue weighted by Gasteiger charge is 2.25. The highest BCUT2D eigenvalue weighted by molar-refractivity contribution is 5.74. The monoisotopic (exact) mass is 428 g/mol. The van der Waals surface area contributed by atoms with Gasteiger partial charge in [-0.2, -0.15) is 4.98 Å². The van der Waals surface area contributed by atoms with Crippen molar-refractivity contribution in [2.24, 2.45) is 7.05 Å². The maximum atomic E-state index is 12.6. The van der Waals surface area contributed by atoms with Crippen molar-refractivity contribution in [3.8, 4) is 5.75 Å². The molecule has 0 bridgehead atoms. The van der Waals surface area contributed by atoms with Gasteiger partial charge in [-0.25, -0.2) is 4.79 Å². The number of rotatable bonds is 6. The molecule has 0 amide bonds. The third-order valence-corrected chi connectivity index (χ3v) is 5.60. The Hall–Kier alpha value is -3.11. The zero-order valence-electron chi connectivity index (χ0n) is 18.0. The number of hydrogen-bond acceptors (Lipinski definition) is 7. The van der Waals surface area contributed by atoms with E-state index in [0.29, 0.717) is 17.3 Å². The topological polar surface area (TPSA) is 109 Å².